The van der Waals surface area contributed by atoms with Gasteiger partial charge < -0.3 is 9.26 Å². The lowest BCUT2D eigenvalue weighted by Crippen LogP contribution is -2.11. The minimum atomic E-state index is -0.546. The van der Waals surface area contributed by atoms with E-state index in [0.717, 1.165) is 11.3 Å². The lowest BCUT2D eigenvalue weighted by Gasteiger charge is -2.06. The van der Waals surface area contributed by atoms with Crippen LogP contribution in [0.25, 0.3) is 16.9 Å². The van der Waals surface area contributed by atoms with Crippen molar-refractivity contribution in [1.29, 1.82) is 0 Å². The van der Waals surface area contributed by atoms with E-state index < -0.39 is 5.97 Å². The van der Waals surface area contributed by atoms with Crippen LogP contribution in [0.3, 0.4) is 0 Å². The van der Waals surface area contributed by atoms with Crippen molar-refractivity contribution in [3.05, 3.63) is 77.8 Å². The van der Waals surface area contributed by atoms with Gasteiger partial charge in [0.15, 0.2) is 12.4 Å². The average molecular weight is 361 g/mol. The van der Waals surface area contributed by atoms with Crippen LogP contribution in [0, 0.1) is 6.92 Å². The van der Waals surface area contributed by atoms with Crippen molar-refractivity contribution in [1.82, 2.24) is 25.4 Å². The third-order valence-electron chi connectivity index (χ3n) is 3.98. The molecule has 0 aliphatic rings. The molecule has 0 aliphatic heterocycles. The molecule has 134 valence electrons. The number of carbonyl (C=O) groups excluding carboxylic acids is 1. The standard InChI is InChI=1S/C19H15N5O3/c1-13-17(18(21-27-13)14-8-4-2-5-9-14)19(25)26-12-16-20-22-23-24(16)15-10-6-3-7-11-15/h2-11H,12H2,1H3. The average Bonchev–Trinajstić information content (AvgIpc) is 3.34. The summed E-state index contributed by atoms with van der Waals surface area (Å²) in [7, 11) is 0. The fourth-order valence-corrected chi connectivity index (χ4v) is 2.67. The zero-order valence-corrected chi connectivity index (χ0v) is 14.4. The van der Waals surface area contributed by atoms with E-state index >= 15 is 0 Å². The molecule has 0 fully saturated rings. The third kappa shape index (κ3) is 3.32. The van der Waals surface area contributed by atoms with Gasteiger partial charge in [-0.25, -0.2) is 4.79 Å². The van der Waals surface area contributed by atoms with Gasteiger partial charge in [0.25, 0.3) is 0 Å². The van der Waals surface area contributed by atoms with Crippen molar-refractivity contribution in [3.8, 4) is 16.9 Å². The smallest absolute Gasteiger partial charge is 0.344 e. The fraction of sp³-hybridized carbons (Fsp3) is 0.105. The molecule has 0 saturated carbocycles. The molecule has 0 bridgehead atoms. The van der Waals surface area contributed by atoms with E-state index in [1.165, 1.54) is 4.68 Å². The van der Waals surface area contributed by atoms with Crippen LogP contribution in [-0.2, 0) is 11.3 Å². The van der Waals surface area contributed by atoms with Gasteiger partial charge in [0.1, 0.15) is 17.0 Å². The topological polar surface area (TPSA) is 95.9 Å². The molecule has 2 aromatic heterocycles. The molecule has 8 heteroatoms. The number of aromatic nitrogens is 5. The molecule has 8 nitrogen and oxygen atoms in total. The summed E-state index contributed by atoms with van der Waals surface area (Å²) in [6.45, 7) is 1.59. The maximum Gasteiger partial charge on any atom is 0.344 e. The Morgan fingerprint density at radius 3 is 2.52 bits per heavy atom. The first kappa shape index (κ1) is 16.6. The van der Waals surface area contributed by atoms with Gasteiger partial charge in [-0.1, -0.05) is 53.7 Å². The predicted molar refractivity (Wildman–Crippen MR) is 94.9 cm³/mol. The zero-order chi connectivity index (χ0) is 18.6. The van der Waals surface area contributed by atoms with Crippen LogP contribution < -0.4 is 0 Å². The number of esters is 1. The van der Waals surface area contributed by atoms with Crippen molar-refractivity contribution in [2.75, 3.05) is 0 Å². The van der Waals surface area contributed by atoms with Crippen LogP contribution >= 0.6 is 0 Å². The van der Waals surface area contributed by atoms with E-state index in [4.69, 9.17) is 9.26 Å². The largest absolute Gasteiger partial charge is 0.454 e. The molecule has 0 unspecified atom stereocenters. The Hall–Kier alpha value is -3.81. The second kappa shape index (κ2) is 7.20. The summed E-state index contributed by atoms with van der Waals surface area (Å²) in [6.07, 6.45) is 0. The first-order chi connectivity index (χ1) is 13.2. The Balaban J connectivity index is 1.56. The number of rotatable bonds is 5. The molecule has 0 radical (unpaired) electrons. The van der Waals surface area contributed by atoms with Gasteiger partial charge in [-0.3, -0.25) is 0 Å². The lowest BCUT2D eigenvalue weighted by molar-refractivity contribution is 0.0458. The van der Waals surface area contributed by atoms with E-state index in [-0.39, 0.29) is 6.61 Å². The van der Waals surface area contributed by atoms with Crippen molar-refractivity contribution in [3.63, 3.8) is 0 Å². The van der Waals surface area contributed by atoms with Crippen molar-refractivity contribution >= 4 is 5.97 Å². The quantitative estimate of drug-likeness (QED) is 0.504. The first-order valence-corrected chi connectivity index (χ1v) is 8.25. The molecule has 4 rings (SSSR count). The molecular formula is C19H15N5O3. The molecule has 0 N–H and O–H groups in total. The summed E-state index contributed by atoms with van der Waals surface area (Å²) in [6, 6.07) is 18.7. The van der Waals surface area contributed by atoms with E-state index in [2.05, 4.69) is 20.7 Å². The Morgan fingerprint density at radius 2 is 1.78 bits per heavy atom. The van der Waals surface area contributed by atoms with Crippen LogP contribution in [0.2, 0.25) is 0 Å². The number of aryl methyl sites for hydroxylation is 1. The highest BCUT2D eigenvalue weighted by Gasteiger charge is 2.23. The monoisotopic (exact) mass is 361 g/mol. The molecular weight excluding hydrogens is 346 g/mol. The summed E-state index contributed by atoms with van der Waals surface area (Å²) >= 11 is 0. The molecule has 2 aromatic carbocycles. The Morgan fingerprint density at radius 1 is 1.07 bits per heavy atom. The van der Waals surface area contributed by atoms with Gasteiger partial charge >= 0.3 is 5.97 Å². The van der Waals surface area contributed by atoms with E-state index in [1.54, 1.807) is 6.92 Å². The summed E-state index contributed by atoms with van der Waals surface area (Å²) in [5.41, 5.74) is 2.29. The third-order valence-corrected chi connectivity index (χ3v) is 3.98. The molecule has 4 aromatic rings. The summed E-state index contributed by atoms with van der Waals surface area (Å²) in [4.78, 5) is 12.7. The molecule has 0 amide bonds. The van der Waals surface area contributed by atoms with E-state index in [9.17, 15) is 4.79 Å². The van der Waals surface area contributed by atoms with Gasteiger partial charge in [0, 0.05) is 5.56 Å². The van der Waals surface area contributed by atoms with Crippen molar-refractivity contribution in [2.24, 2.45) is 0 Å². The van der Waals surface area contributed by atoms with Crippen molar-refractivity contribution in [2.45, 2.75) is 13.5 Å². The van der Waals surface area contributed by atoms with Gasteiger partial charge in [0.2, 0.25) is 0 Å². The number of benzene rings is 2. The molecule has 0 atom stereocenters. The van der Waals surface area contributed by atoms with E-state index in [1.807, 2.05) is 60.7 Å². The summed E-state index contributed by atoms with van der Waals surface area (Å²) in [5.74, 6) is 0.252. The summed E-state index contributed by atoms with van der Waals surface area (Å²) < 4.78 is 12.2. The normalized spacial score (nSPS) is 10.7. The molecule has 2 heterocycles. The Bertz CT molecular complexity index is 1060. The minimum absolute atomic E-state index is 0.0838. The highest BCUT2D eigenvalue weighted by molar-refractivity contribution is 5.97. The Kier molecular flexibility index (Phi) is 4.44. The van der Waals surface area contributed by atoms with Gasteiger partial charge in [-0.05, 0) is 29.5 Å². The maximum atomic E-state index is 12.7. The fourth-order valence-electron chi connectivity index (χ4n) is 2.67. The number of tetrazole rings is 1. The number of para-hydroxylation sites is 1. The number of carbonyl (C=O) groups is 1. The Labute approximate surface area is 154 Å². The number of nitrogens with zero attached hydrogens (tertiary/aromatic N) is 5. The predicted octanol–water partition coefficient (Wildman–Crippen LogP) is 2.98. The van der Waals surface area contributed by atoms with Crippen molar-refractivity contribution < 1.29 is 14.1 Å². The minimum Gasteiger partial charge on any atom is -0.454 e. The van der Waals surface area contributed by atoms with Crippen LogP contribution in [0.1, 0.15) is 21.9 Å². The highest BCUT2D eigenvalue weighted by Crippen LogP contribution is 2.26. The number of hydrogen-bond acceptors (Lipinski definition) is 7. The molecule has 0 spiro atoms. The second-order valence-corrected chi connectivity index (χ2v) is 5.75. The number of ether oxygens (including phenoxy) is 1. The lowest BCUT2D eigenvalue weighted by atomic mass is 10.1. The van der Waals surface area contributed by atoms with Gasteiger partial charge in [0.05, 0.1) is 5.69 Å². The van der Waals surface area contributed by atoms with Crippen LogP contribution in [0.4, 0.5) is 0 Å². The summed E-state index contributed by atoms with van der Waals surface area (Å²) in [5, 5.41) is 15.5. The second-order valence-electron chi connectivity index (χ2n) is 5.75. The van der Waals surface area contributed by atoms with Crippen LogP contribution in [0.5, 0.6) is 0 Å². The number of hydrogen-bond donors (Lipinski definition) is 0. The van der Waals surface area contributed by atoms with Crippen LogP contribution in [0.15, 0.2) is 65.2 Å². The van der Waals surface area contributed by atoms with Gasteiger partial charge in [-0.2, -0.15) is 4.68 Å². The van der Waals surface area contributed by atoms with Crippen LogP contribution in [-0.4, -0.2) is 31.3 Å². The van der Waals surface area contributed by atoms with E-state index in [0.29, 0.717) is 22.8 Å². The SMILES string of the molecule is Cc1onc(-c2ccccc2)c1C(=O)OCc1nnnn1-c1ccccc1. The maximum absolute atomic E-state index is 12.7. The molecule has 27 heavy (non-hydrogen) atoms. The highest BCUT2D eigenvalue weighted by atomic mass is 16.5. The van der Waals surface area contributed by atoms with Gasteiger partial charge in [-0.15, -0.1) is 5.10 Å². The molecule has 0 saturated heterocycles. The first-order valence-electron chi connectivity index (χ1n) is 8.25. The zero-order valence-electron chi connectivity index (χ0n) is 14.4. The molecule has 0 aliphatic carbocycles.